The molecule has 0 spiro atoms. The van der Waals surface area contributed by atoms with Gasteiger partial charge < -0.3 is 14.2 Å². The van der Waals surface area contributed by atoms with E-state index >= 15 is 0 Å². The van der Waals surface area contributed by atoms with Crippen LogP contribution in [0.25, 0.3) is 22.3 Å². The number of aromatic nitrogens is 2. The molecule has 0 unspecified atom stereocenters. The van der Waals surface area contributed by atoms with Crippen molar-refractivity contribution in [1.29, 1.82) is 0 Å². The van der Waals surface area contributed by atoms with Crippen molar-refractivity contribution in [3.63, 3.8) is 0 Å². The number of esters is 1. The van der Waals surface area contributed by atoms with Crippen molar-refractivity contribution in [3.05, 3.63) is 93.7 Å². The second-order valence-corrected chi connectivity index (χ2v) is 12.9. The lowest BCUT2D eigenvalue weighted by atomic mass is 9.88. The van der Waals surface area contributed by atoms with Crippen molar-refractivity contribution in [2.75, 3.05) is 14.2 Å². The lowest BCUT2D eigenvalue weighted by Gasteiger charge is -2.22. The molecule has 0 aliphatic heterocycles. The molecule has 4 aromatic rings. The van der Waals surface area contributed by atoms with Crippen LogP contribution in [0.3, 0.4) is 0 Å². The molecule has 0 saturated carbocycles. The first-order valence-corrected chi connectivity index (χ1v) is 15.5. The number of benzene rings is 2. The van der Waals surface area contributed by atoms with E-state index in [4.69, 9.17) is 14.2 Å². The van der Waals surface area contributed by atoms with Crippen LogP contribution in [0.1, 0.15) is 77.0 Å². The zero-order chi connectivity index (χ0) is 33.5. The average molecular weight is 684 g/mol. The third-order valence-corrected chi connectivity index (χ3v) is 7.70. The number of ether oxygens (including phenoxy) is 3. The van der Waals surface area contributed by atoms with E-state index in [0.717, 1.165) is 37.9 Å². The van der Waals surface area contributed by atoms with E-state index < -0.39 is 5.60 Å². The molecule has 0 radical (unpaired) electrons. The Balaban J connectivity index is 0.000000257. The van der Waals surface area contributed by atoms with E-state index in [9.17, 15) is 13.6 Å². The Morgan fingerprint density at radius 2 is 1.24 bits per heavy atom. The summed E-state index contributed by atoms with van der Waals surface area (Å²) in [6.45, 7) is 13.5. The number of nitrogens with zero attached hydrogens (tertiary/aromatic N) is 2. The minimum absolute atomic E-state index is 0.0631. The summed E-state index contributed by atoms with van der Waals surface area (Å²) in [6.07, 6.45) is 3.38. The fourth-order valence-corrected chi connectivity index (χ4v) is 5.63. The molecule has 2 heterocycles. The number of hydrogen-bond acceptors (Lipinski definition) is 6. The lowest BCUT2D eigenvalue weighted by Crippen LogP contribution is -2.25. The molecule has 6 nitrogen and oxygen atoms in total. The molecule has 45 heavy (non-hydrogen) atoms. The van der Waals surface area contributed by atoms with Crippen molar-refractivity contribution in [3.8, 4) is 34.0 Å². The van der Waals surface area contributed by atoms with Crippen LogP contribution in [0.5, 0.6) is 11.8 Å². The predicted octanol–water partition coefficient (Wildman–Crippen LogP) is 9.69. The molecule has 9 heteroatoms. The van der Waals surface area contributed by atoms with E-state index in [0.29, 0.717) is 17.3 Å². The number of hydrogen-bond donors (Lipinski definition) is 0. The Kier molecular flexibility index (Phi) is 12.2. The number of halogens is 3. The summed E-state index contributed by atoms with van der Waals surface area (Å²) < 4.78 is 44.5. The Labute approximate surface area is 273 Å². The highest BCUT2D eigenvalue weighted by atomic mass is 79.9. The summed E-state index contributed by atoms with van der Waals surface area (Å²) in [7, 11) is 3.10. The summed E-state index contributed by atoms with van der Waals surface area (Å²) in [5.41, 5.74) is 4.97. The van der Waals surface area contributed by atoms with Crippen LogP contribution in [-0.4, -0.2) is 35.8 Å². The van der Waals surface area contributed by atoms with Crippen LogP contribution < -0.4 is 9.47 Å². The van der Waals surface area contributed by atoms with Crippen molar-refractivity contribution in [1.82, 2.24) is 9.97 Å². The maximum Gasteiger partial charge on any atom is 0.310 e. The van der Waals surface area contributed by atoms with E-state index in [1.54, 1.807) is 37.7 Å². The van der Waals surface area contributed by atoms with Crippen LogP contribution in [0, 0.1) is 11.6 Å². The first-order valence-electron chi connectivity index (χ1n) is 14.7. The maximum absolute atomic E-state index is 14.2. The Bertz CT molecular complexity index is 1600. The molecule has 0 saturated heterocycles. The van der Waals surface area contributed by atoms with Gasteiger partial charge in [-0.1, -0.05) is 27.7 Å². The van der Waals surface area contributed by atoms with E-state index in [2.05, 4.69) is 25.9 Å². The number of rotatable bonds is 8. The molecule has 240 valence electrons. The molecule has 0 aliphatic rings. The van der Waals surface area contributed by atoms with Crippen LogP contribution in [-0.2, 0) is 16.0 Å². The van der Waals surface area contributed by atoms with Gasteiger partial charge in [0.2, 0.25) is 11.8 Å². The third-order valence-electron chi connectivity index (χ3n) is 6.81. The van der Waals surface area contributed by atoms with Gasteiger partial charge in [-0.15, -0.1) is 0 Å². The SMILES string of the molecule is COc1ccc(-c2cc(F)cc(C(C)C)c2Br)cn1.COc1ccc(-c2cc(F)cc(C(C)C)c2CC(=O)OC(C)(C)C)cn1. The number of carbonyl (C=O) groups excluding carboxylic acids is 1. The highest BCUT2D eigenvalue weighted by Crippen LogP contribution is 2.36. The highest BCUT2D eigenvalue weighted by Gasteiger charge is 2.22. The predicted molar refractivity (Wildman–Crippen MR) is 178 cm³/mol. The quantitative estimate of drug-likeness (QED) is 0.172. The van der Waals surface area contributed by atoms with Gasteiger partial charge in [0.05, 0.1) is 20.6 Å². The van der Waals surface area contributed by atoms with Gasteiger partial charge in [-0.25, -0.2) is 18.7 Å². The molecular formula is C36H41BrF2N2O4. The molecule has 2 aromatic heterocycles. The van der Waals surface area contributed by atoms with Gasteiger partial charge in [-0.3, -0.25) is 4.79 Å². The highest BCUT2D eigenvalue weighted by molar-refractivity contribution is 9.10. The topological polar surface area (TPSA) is 70.5 Å². The van der Waals surface area contributed by atoms with Gasteiger partial charge >= 0.3 is 5.97 Å². The van der Waals surface area contributed by atoms with Gasteiger partial charge in [0.25, 0.3) is 0 Å². The lowest BCUT2D eigenvalue weighted by molar-refractivity contribution is -0.153. The first kappa shape index (κ1) is 35.6. The molecule has 0 aliphatic carbocycles. The second-order valence-electron chi connectivity index (χ2n) is 12.1. The van der Waals surface area contributed by atoms with E-state index in [1.165, 1.54) is 25.3 Å². The summed E-state index contributed by atoms with van der Waals surface area (Å²) in [4.78, 5) is 20.8. The number of carbonyl (C=O) groups is 1. The zero-order valence-corrected chi connectivity index (χ0v) is 28.9. The van der Waals surface area contributed by atoms with Gasteiger partial charge in [-0.2, -0.15) is 0 Å². The van der Waals surface area contributed by atoms with Crippen LogP contribution >= 0.6 is 15.9 Å². The fourth-order valence-electron chi connectivity index (χ4n) is 4.71. The zero-order valence-electron chi connectivity index (χ0n) is 27.3. The Morgan fingerprint density at radius 3 is 1.67 bits per heavy atom. The Hall–Kier alpha value is -3.85. The molecule has 0 atom stereocenters. The molecule has 0 bridgehead atoms. The van der Waals surface area contributed by atoms with Gasteiger partial charge in [0, 0.05) is 45.7 Å². The summed E-state index contributed by atoms with van der Waals surface area (Å²) in [5, 5.41) is 0. The average Bonchev–Trinajstić information content (AvgIpc) is 2.98. The largest absolute Gasteiger partial charge is 0.481 e. The summed E-state index contributed by atoms with van der Waals surface area (Å²) in [6, 6.07) is 13.2. The smallest absolute Gasteiger partial charge is 0.310 e. The van der Waals surface area contributed by atoms with Crippen molar-refractivity contribution in [2.45, 2.75) is 72.3 Å². The van der Waals surface area contributed by atoms with Crippen molar-refractivity contribution >= 4 is 21.9 Å². The number of pyridine rings is 2. The molecular weight excluding hydrogens is 642 g/mol. The molecule has 2 aromatic carbocycles. The van der Waals surface area contributed by atoms with E-state index in [-0.39, 0.29) is 35.9 Å². The normalized spacial score (nSPS) is 11.2. The molecule has 0 amide bonds. The van der Waals surface area contributed by atoms with Gasteiger partial charge in [-0.05, 0) is 107 Å². The summed E-state index contributed by atoms with van der Waals surface area (Å²) in [5.74, 6) is 0.408. The molecule has 0 N–H and O–H groups in total. The minimum Gasteiger partial charge on any atom is -0.481 e. The van der Waals surface area contributed by atoms with Crippen LogP contribution in [0.15, 0.2) is 65.4 Å². The van der Waals surface area contributed by atoms with Crippen molar-refractivity contribution < 1.29 is 27.8 Å². The standard InChI is InChI=1S/C21H26FNO3.C15H15BrFNO/c1-13(2)16-9-15(22)10-17(14-7-8-19(25-6)23-12-14)18(16)11-20(24)26-21(3,4)5;1-9(2)12-6-11(17)7-13(15(12)16)10-4-5-14(19-3)18-8-10/h7-10,12-13H,11H2,1-6H3;4-9H,1-3H3. The van der Waals surface area contributed by atoms with E-state index in [1.807, 2.05) is 60.6 Å². The monoisotopic (exact) mass is 682 g/mol. The maximum atomic E-state index is 14.2. The van der Waals surface area contributed by atoms with Gasteiger partial charge in [0.1, 0.15) is 17.2 Å². The molecule has 4 rings (SSSR count). The number of methoxy groups -OCH3 is 2. The third kappa shape index (κ3) is 9.82. The minimum atomic E-state index is -0.572. The first-order chi connectivity index (χ1) is 21.1. The second kappa shape index (κ2) is 15.4. The van der Waals surface area contributed by atoms with Crippen molar-refractivity contribution in [2.24, 2.45) is 0 Å². The van der Waals surface area contributed by atoms with Crippen LogP contribution in [0.4, 0.5) is 8.78 Å². The van der Waals surface area contributed by atoms with Crippen LogP contribution in [0.2, 0.25) is 0 Å². The molecule has 0 fully saturated rings. The fraction of sp³-hybridized carbons (Fsp3) is 0.361. The van der Waals surface area contributed by atoms with Gasteiger partial charge in [0.15, 0.2) is 0 Å². The Morgan fingerprint density at radius 1 is 0.778 bits per heavy atom. The summed E-state index contributed by atoms with van der Waals surface area (Å²) >= 11 is 3.56.